The molecule has 2 saturated carbocycles. The van der Waals surface area contributed by atoms with Crippen LogP contribution in [0.4, 0.5) is 0 Å². The van der Waals surface area contributed by atoms with E-state index in [0.29, 0.717) is 5.41 Å². The molecule has 0 heteroatoms. The van der Waals surface area contributed by atoms with Gasteiger partial charge in [0.25, 0.3) is 0 Å². The van der Waals surface area contributed by atoms with Crippen molar-refractivity contribution in [3.05, 3.63) is 0 Å². The Morgan fingerprint density at radius 3 is 2.53 bits per heavy atom. The predicted octanol–water partition coefficient (Wildman–Crippen LogP) is 4.89. The van der Waals surface area contributed by atoms with Crippen molar-refractivity contribution in [2.75, 3.05) is 0 Å². The highest BCUT2D eigenvalue weighted by Gasteiger charge is 2.44. The first-order valence-corrected chi connectivity index (χ1v) is 7.03. The lowest BCUT2D eigenvalue weighted by molar-refractivity contribution is 0.143. The molecule has 15 heavy (non-hydrogen) atoms. The molecule has 0 aromatic rings. The summed E-state index contributed by atoms with van der Waals surface area (Å²) in [5.41, 5.74) is 0.699. The van der Waals surface area contributed by atoms with Crippen LogP contribution >= 0.6 is 0 Å². The first kappa shape index (κ1) is 11.5. The van der Waals surface area contributed by atoms with Crippen LogP contribution in [0.5, 0.6) is 0 Å². The lowest BCUT2D eigenvalue weighted by Gasteiger charge is -2.35. The van der Waals surface area contributed by atoms with Crippen LogP contribution in [0.3, 0.4) is 0 Å². The summed E-state index contributed by atoms with van der Waals surface area (Å²) in [4.78, 5) is 0. The summed E-state index contributed by atoms with van der Waals surface area (Å²) in [6, 6.07) is 0. The van der Waals surface area contributed by atoms with Crippen molar-refractivity contribution in [2.24, 2.45) is 29.1 Å². The van der Waals surface area contributed by atoms with Crippen molar-refractivity contribution in [2.45, 2.75) is 66.2 Å². The van der Waals surface area contributed by atoms with Crippen molar-refractivity contribution in [1.82, 2.24) is 0 Å². The zero-order valence-corrected chi connectivity index (χ0v) is 11.1. The van der Waals surface area contributed by atoms with Gasteiger partial charge in [-0.05, 0) is 54.8 Å². The molecule has 0 aliphatic heterocycles. The summed E-state index contributed by atoms with van der Waals surface area (Å²) in [7, 11) is 0. The van der Waals surface area contributed by atoms with Crippen molar-refractivity contribution in [3.8, 4) is 0 Å². The second kappa shape index (κ2) is 4.11. The highest BCUT2D eigenvalue weighted by atomic mass is 14.5. The Bertz CT molecular complexity index is 218. The SMILES string of the molecule is CC(C)C1CCC(C)C2CCCC2(C)C1. The van der Waals surface area contributed by atoms with Crippen LogP contribution in [0.15, 0.2) is 0 Å². The van der Waals surface area contributed by atoms with E-state index in [1.54, 1.807) is 0 Å². The zero-order valence-electron chi connectivity index (χ0n) is 11.1. The Hall–Kier alpha value is 0. The van der Waals surface area contributed by atoms with Gasteiger partial charge in [-0.25, -0.2) is 0 Å². The van der Waals surface area contributed by atoms with Crippen LogP contribution < -0.4 is 0 Å². The normalized spacial score (nSPS) is 46.6. The Morgan fingerprint density at radius 2 is 1.87 bits per heavy atom. The number of rotatable bonds is 1. The Kier molecular flexibility index (Phi) is 3.14. The molecule has 2 rings (SSSR count). The molecule has 0 N–H and O–H groups in total. The molecular formula is C15H28. The van der Waals surface area contributed by atoms with Crippen LogP contribution in [0.2, 0.25) is 0 Å². The van der Waals surface area contributed by atoms with Crippen LogP contribution in [-0.2, 0) is 0 Å². The molecule has 2 aliphatic rings. The summed E-state index contributed by atoms with van der Waals surface area (Å²) in [6.07, 6.45) is 9.01. The fourth-order valence-electron chi connectivity index (χ4n) is 4.43. The lowest BCUT2D eigenvalue weighted by atomic mass is 9.70. The van der Waals surface area contributed by atoms with Gasteiger partial charge in [-0.2, -0.15) is 0 Å². The Morgan fingerprint density at radius 1 is 1.13 bits per heavy atom. The molecule has 0 heterocycles. The van der Waals surface area contributed by atoms with Gasteiger partial charge in [-0.1, -0.05) is 40.5 Å². The second-order valence-electron chi connectivity index (χ2n) is 6.92. The van der Waals surface area contributed by atoms with E-state index in [2.05, 4.69) is 27.7 Å². The molecule has 0 radical (unpaired) electrons. The molecule has 88 valence electrons. The van der Waals surface area contributed by atoms with E-state index in [4.69, 9.17) is 0 Å². The predicted molar refractivity (Wildman–Crippen MR) is 66.8 cm³/mol. The average molecular weight is 208 g/mol. The molecule has 2 aliphatic carbocycles. The zero-order chi connectivity index (χ0) is 11.1. The quantitative estimate of drug-likeness (QED) is 0.576. The topological polar surface area (TPSA) is 0 Å². The third-order valence-electron chi connectivity index (χ3n) is 5.51. The fraction of sp³-hybridized carbons (Fsp3) is 1.00. The van der Waals surface area contributed by atoms with Gasteiger partial charge >= 0.3 is 0 Å². The first-order chi connectivity index (χ1) is 7.03. The van der Waals surface area contributed by atoms with Crippen molar-refractivity contribution < 1.29 is 0 Å². The van der Waals surface area contributed by atoms with Crippen molar-refractivity contribution in [3.63, 3.8) is 0 Å². The maximum absolute atomic E-state index is 2.59. The van der Waals surface area contributed by atoms with Crippen molar-refractivity contribution >= 4 is 0 Å². The molecule has 0 bridgehead atoms. The minimum Gasteiger partial charge on any atom is -0.0625 e. The standard InChI is InChI=1S/C15H28/c1-11(2)13-8-7-12(3)14-6-5-9-15(14,4)10-13/h11-14H,5-10H2,1-4H3. The fourth-order valence-corrected chi connectivity index (χ4v) is 4.43. The summed E-state index contributed by atoms with van der Waals surface area (Å²) in [5.74, 6) is 3.93. The summed E-state index contributed by atoms with van der Waals surface area (Å²) < 4.78 is 0. The van der Waals surface area contributed by atoms with E-state index in [-0.39, 0.29) is 0 Å². The van der Waals surface area contributed by atoms with Gasteiger partial charge in [-0.3, -0.25) is 0 Å². The molecule has 0 amide bonds. The van der Waals surface area contributed by atoms with Crippen LogP contribution in [0, 0.1) is 29.1 Å². The van der Waals surface area contributed by atoms with Gasteiger partial charge in [0.2, 0.25) is 0 Å². The van der Waals surface area contributed by atoms with Crippen LogP contribution in [-0.4, -0.2) is 0 Å². The minimum absolute atomic E-state index is 0.699. The number of hydrogen-bond donors (Lipinski definition) is 0. The van der Waals surface area contributed by atoms with Crippen LogP contribution in [0.25, 0.3) is 0 Å². The maximum atomic E-state index is 2.59. The lowest BCUT2D eigenvalue weighted by Crippen LogP contribution is -2.27. The Labute approximate surface area is 95.8 Å². The monoisotopic (exact) mass is 208 g/mol. The van der Waals surface area contributed by atoms with Gasteiger partial charge in [0, 0.05) is 0 Å². The van der Waals surface area contributed by atoms with Gasteiger partial charge in [0.15, 0.2) is 0 Å². The molecule has 0 aromatic carbocycles. The average Bonchev–Trinajstić information content (AvgIpc) is 2.49. The highest BCUT2D eigenvalue weighted by Crippen LogP contribution is 2.55. The third kappa shape index (κ3) is 2.10. The second-order valence-corrected chi connectivity index (χ2v) is 6.92. The van der Waals surface area contributed by atoms with Crippen LogP contribution in [0.1, 0.15) is 66.2 Å². The van der Waals surface area contributed by atoms with E-state index in [1.165, 1.54) is 38.5 Å². The van der Waals surface area contributed by atoms with E-state index in [0.717, 1.165) is 23.7 Å². The maximum Gasteiger partial charge on any atom is -0.0292 e. The minimum atomic E-state index is 0.699. The summed E-state index contributed by atoms with van der Waals surface area (Å²) in [6.45, 7) is 9.95. The van der Waals surface area contributed by atoms with E-state index < -0.39 is 0 Å². The molecular weight excluding hydrogens is 180 g/mol. The van der Waals surface area contributed by atoms with E-state index >= 15 is 0 Å². The molecule has 0 nitrogen and oxygen atoms in total. The van der Waals surface area contributed by atoms with Gasteiger partial charge < -0.3 is 0 Å². The number of fused-ring (bicyclic) bond motifs is 1. The van der Waals surface area contributed by atoms with Gasteiger partial charge in [0.05, 0.1) is 0 Å². The molecule has 0 aromatic heterocycles. The molecule has 0 spiro atoms. The number of hydrogen-bond acceptors (Lipinski definition) is 0. The van der Waals surface area contributed by atoms with Crippen molar-refractivity contribution in [1.29, 1.82) is 0 Å². The Balaban J connectivity index is 2.16. The molecule has 0 saturated heterocycles. The van der Waals surface area contributed by atoms with Gasteiger partial charge in [0.1, 0.15) is 0 Å². The third-order valence-corrected chi connectivity index (χ3v) is 5.51. The first-order valence-electron chi connectivity index (χ1n) is 7.03. The van der Waals surface area contributed by atoms with E-state index in [9.17, 15) is 0 Å². The largest absolute Gasteiger partial charge is 0.0625 e. The van der Waals surface area contributed by atoms with Gasteiger partial charge in [-0.15, -0.1) is 0 Å². The molecule has 4 unspecified atom stereocenters. The molecule has 4 atom stereocenters. The molecule has 2 fully saturated rings. The summed E-state index contributed by atoms with van der Waals surface area (Å²) in [5, 5.41) is 0. The summed E-state index contributed by atoms with van der Waals surface area (Å²) >= 11 is 0. The highest BCUT2D eigenvalue weighted by molar-refractivity contribution is 4.95. The smallest absolute Gasteiger partial charge is 0.0292 e. The van der Waals surface area contributed by atoms with E-state index in [1.807, 2.05) is 0 Å².